The van der Waals surface area contributed by atoms with Crippen molar-refractivity contribution in [1.29, 1.82) is 0 Å². The Morgan fingerprint density at radius 1 is 1.47 bits per heavy atom. The standard InChI is InChI=1S/C15H21ClFNO/c1-10(2)8-18-9-11-5-6-19-15(11)13-4-3-12(17)7-14(13)16/h3-4,7,10-11,15,18H,5-6,8-9H2,1-2H3. The molecule has 0 aliphatic carbocycles. The van der Waals surface area contributed by atoms with Crippen LogP contribution in [0.2, 0.25) is 5.02 Å². The van der Waals surface area contributed by atoms with E-state index in [1.54, 1.807) is 6.07 Å². The number of halogens is 2. The first kappa shape index (κ1) is 14.8. The number of nitrogens with one attached hydrogen (secondary N) is 1. The van der Waals surface area contributed by atoms with Crippen LogP contribution in [0.3, 0.4) is 0 Å². The lowest BCUT2D eigenvalue weighted by molar-refractivity contribution is 0.0904. The number of ether oxygens (including phenoxy) is 1. The summed E-state index contributed by atoms with van der Waals surface area (Å²) in [6, 6.07) is 4.54. The van der Waals surface area contributed by atoms with Crippen molar-refractivity contribution in [3.05, 3.63) is 34.6 Å². The number of rotatable bonds is 5. The Morgan fingerprint density at radius 2 is 2.26 bits per heavy atom. The fraction of sp³-hybridized carbons (Fsp3) is 0.600. The van der Waals surface area contributed by atoms with Gasteiger partial charge in [-0.2, -0.15) is 0 Å². The number of benzene rings is 1. The predicted molar refractivity (Wildman–Crippen MR) is 75.9 cm³/mol. The fourth-order valence-corrected chi connectivity index (χ4v) is 2.75. The normalized spacial score (nSPS) is 23.2. The van der Waals surface area contributed by atoms with Crippen LogP contribution in [0.4, 0.5) is 4.39 Å². The number of hydrogen-bond acceptors (Lipinski definition) is 2. The van der Waals surface area contributed by atoms with Gasteiger partial charge in [-0.05, 0) is 36.6 Å². The minimum atomic E-state index is -0.304. The maximum absolute atomic E-state index is 13.1. The molecule has 1 saturated heterocycles. The summed E-state index contributed by atoms with van der Waals surface area (Å²) < 4.78 is 18.9. The number of hydrogen-bond donors (Lipinski definition) is 1. The summed E-state index contributed by atoms with van der Waals surface area (Å²) in [7, 11) is 0. The van der Waals surface area contributed by atoms with E-state index in [1.165, 1.54) is 12.1 Å². The highest BCUT2D eigenvalue weighted by molar-refractivity contribution is 6.31. The molecule has 1 aromatic rings. The van der Waals surface area contributed by atoms with E-state index in [-0.39, 0.29) is 11.9 Å². The molecule has 0 amide bonds. The third kappa shape index (κ3) is 3.91. The lowest BCUT2D eigenvalue weighted by Crippen LogP contribution is -2.28. The van der Waals surface area contributed by atoms with Crippen molar-refractivity contribution in [3.8, 4) is 0 Å². The zero-order chi connectivity index (χ0) is 13.8. The van der Waals surface area contributed by atoms with Gasteiger partial charge in [0.15, 0.2) is 0 Å². The molecule has 1 aromatic carbocycles. The zero-order valence-electron chi connectivity index (χ0n) is 11.5. The van der Waals surface area contributed by atoms with E-state index < -0.39 is 0 Å². The smallest absolute Gasteiger partial charge is 0.124 e. The van der Waals surface area contributed by atoms with Gasteiger partial charge < -0.3 is 10.1 Å². The highest BCUT2D eigenvalue weighted by Gasteiger charge is 2.30. The Labute approximate surface area is 119 Å². The lowest BCUT2D eigenvalue weighted by Gasteiger charge is -2.21. The molecule has 2 nitrogen and oxygen atoms in total. The molecule has 1 aliphatic heterocycles. The zero-order valence-corrected chi connectivity index (χ0v) is 12.2. The minimum Gasteiger partial charge on any atom is -0.373 e. The van der Waals surface area contributed by atoms with E-state index in [0.29, 0.717) is 16.9 Å². The van der Waals surface area contributed by atoms with Crippen LogP contribution in [-0.2, 0) is 4.74 Å². The topological polar surface area (TPSA) is 21.3 Å². The molecule has 1 N–H and O–H groups in total. The summed E-state index contributed by atoms with van der Waals surface area (Å²) in [5.41, 5.74) is 0.900. The molecule has 4 heteroatoms. The van der Waals surface area contributed by atoms with Gasteiger partial charge in [0.2, 0.25) is 0 Å². The summed E-state index contributed by atoms with van der Waals surface area (Å²) >= 11 is 6.12. The molecule has 0 aromatic heterocycles. The van der Waals surface area contributed by atoms with Gasteiger partial charge in [-0.15, -0.1) is 0 Å². The van der Waals surface area contributed by atoms with Gasteiger partial charge in [0, 0.05) is 24.1 Å². The van der Waals surface area contributed by atoms with Gasteiger partial charge >= 0.3 is 0 Å². The van der Waals surface area contributed by atoms with E-state index in [1.807, 2.05) is 0 Å². The molecule has 106 valence electrons. The molecule has 0 radical (unpaired) electrons. The molecule has 0 spiro atoms. The molecule has 0 saturated carbocycles. The van der Waals surface area contributed by atoms with Crippen LogP contribution >= 0.6 is 11.6 Å². The van der Waals surface area contributed by atoms with E-state index >= 15 is 0 Å². The molecule has 2 atom stereocenters. The average Bonchev–Trinajstić information content (AvgIpc) is 2.77. The van der Waals surface area contributed by atoms with Gasteiger partial charge in [-0.1, -0.05) is 31.5 Å². The summed E-state index contributed by atoms with van der Waals surface area (Å²) in [6.45, 7) is 7.03. The highest BCUT2D eigenvalue weighted by atomic mass is 35.5. The third-order valence-corrected chi connectivity index (χ3v) is 3.77. The molecule has 1 aliphatic rings. The molecule has 1 heterocycles. The van der Waals surface area contributed by atoms with E-state index in [4.69, 9.17) is 16.3 Å². The Kier molecular flexibility index (Phi) is 5.20. The molecule has 0 bridgehead atoms. The Balaban J connectivity index is 2.01. The minimum absolute atomic E-state index is 0.0206. The maximum atomic E-state index is 13.1. The summed E-state index contributed by atoms with van der Waals surface area (Å²) in [6.07, 6.45) is 0.997. The third-order valence-electron chi connectivity index (χ3n) is 3.44. The second-order valence-corrected chi connectivity index (χ2v) is 5.97. The average molecular weight is 286 g/mol. The van der Waals surface area contributed by atoms with Crippen molar-refractivity contribution in [2.24, 2.45) is 11.8 Å². The first-order chi connectivity index (χ1) is 9.08. The highest BCUT2D eigenvalue weighted by Crippen LogP contribution is 2.37. The van der Waals surface area contributed by atoms with Gasteiger partial charge in [0.1, 0.15) is 5.82 Å². The molecular weight excluding hydrogens is 265 g/mol. The molecule has 2 rings (SSSR count). The second-order valence-electron chi connectivity index (χ2n) is 5.56. The van der Waals surface area contributed by atoms with Crippen LogP contribution in [0, 0.1) is 17.7 Å². The first-order valence-electron chi connectivity index (χ1n) is 6.85. The van der Waals surface area contributed by atoms with Crippen LogP contribution in [-0.4, -0.2) is 19.7 Å². The maximum Gasteiger partial charge on any atom is 0.124 e. The van der Waals surface area contributed by atoms with E-state index in [0.717, 1.165) is 31.7 Å². The Hall–Kier alpha value is -0.640. The van der Waals surface area contributed by atoms with Gasteiger partial charge in [0.05, 0.1) is 6.10 Å². The summed E-state index contributed by atoms with van der Waals surface area (Å²) in [5.74, 6) is 0.734. The Morgan fingerprint density at radius 3 is 2.95 bits per heavy atom. The van der Waals surface area contributed by atoms with E-state index in [9.17, 15) is 4.39 Å². The van der Waals surface area contributed by atoms with Gasteiger partial charge in [-0.25, -0.2) is 4.39 Å². The van der Waals surface area contributed by atoms with Crippen LogP contribution < -0.4 is 5.32 Å². The van der Waals surface area contributed by atoms with Gasteiger partial charge in [0.25, 0.3) is 0 Å². The molecular formula is C15H21ClFNO. The monoisotopic (exact) mass is 285 g/mol. The summed E-state index contributed by atoms with van der Waals surface area (Å²) in [4.78, 5) is 0. The van der Waals surface area contributed by atoms with Crippen LogP contribution in [0.25, 0.3) is 0 Å². The molecule has 1 fully saturated rings. The van der Waals surface area contributed by atoms with Crippen molar-refractivity contribution >= 4 is 11.6 Å². The largest absolute Gasteiger partial charge is 0.373 e. The van der Waals surface area contributed by atoms with Crippen molar-refractivity contribution in [3.63, 3.8) is 0 Å². The van der Waals surface area contributed by atoms with Crippen LogP contribution in [0.5, 0.6) is 0 Å². The van der Waals surface area contributed by atoms with Crippen molar-refractivity contribution < 1.29 is 9.13 Å². The summed E-state index contributed by atoms with van der Waals surface area (Å²) in [5, 5.41) is 3.92. The van der Waals surface area contributed by atoms with Crippen LogP contribution in [0.15, 0.2) is 18.2 Å². The predicted octanol–water partition coefficient (Wildman–Crippen LogP) is 3.80. The van der Waals surface area contributed by atoms with Crippen LogP contribution in [0.1, 0.15) is 31.9 Å². The Bertz CT molecular complexity index is 425. The second kappa shape index (κ2) is 6.69. The van der Waals surface area contributed by atoms with Gasteiger partial charge in [-0.3, -0.25) is 0 Å². The van der Waals surface area contributed by atoms with Crippen molar-refractivity contribution in [1.82, 2.24) is 5.32 Å². The van der Waals surface area contributed by atoms with Crippen molar-refractivity contribution in [2.75, 3.05) is 19.7 Å². The van der Waals surface area contributed by atoms with Crippen molar-refractivity contribution in [2.45, 2.75) is 26.4 Å². The molecule has 19 heavy (non-hydrogen) atoms. The molecule has 2 unspecified atom stereocenters. The quantitative estimate of drug-likeness (QED) is 0.888. The lowest BCUT2D eigenvalue weighted by atomic mass is 9.95. The van der Waals surface area contributed by atoms with E-state index in [2.05, 4.69) is 19.2 Å². The first-order valence-corrected chi connectivity index (χ1v) is 7.23. The fourth-order valence-electron chi connectivity index (χ4n) is 2.48. The SMILES string of the molecule is CC(C)CNCC1CCOC1c1ccc(F)cc1Cl.